The Morgan fingerprint density at radius 2 is 2.33 bits per heavy atom. The SMILES string of the molecule is COCc1cc(NC2CCOc3ccc(F)cc32)n2ncnc2n1. The standard InChI is InChI=1S/C16H16FN5O2/c1-23-8-11-7-15(22-16(20-11)18-9-19-22)21-13-4-5-24-14-3-2-10(17)6-12(13)14/h2-3,6-7,9,13,21H,4-5,8H2,1H3. The van der Waals surface area contributed by atoms with E-state index >= 15 is 0 Å². The summed E-state index contributed by atoms with van der Waals surface area (Å²) in [4.78, 5) is 8.51. The summed E-state index contributed by atoms with van der Waals surface area (Å²) in [7, 11) is 1.61. The minimum absolute atomic E-state index is 0.0883. The Hall–Kier alpha value is -2.74. The molecule has 0 bridgehead atoms. The molecule has 0 aliphatic carbocycles. The maximum absolute atomic E-state index is 13.6. The molecule has 3 heterocycles. The number of rotatable bonds is 4. The van der Waals surface area contributed by atoms with Crippen molar-refractivity contribution in [2.45, 2.75) is 19.1 Å². The topological polar surface area (TPSA) is 73.6 Å². The van der Waals surface area contributed by atoms with E-state index in [1.54, 1.807) is 17.7 Å². The van der Waals surface area contributed by atoms with Crippen molar-refractivity contribution in [2.75, 3.05) is 19.0 Å². The number of nitrogens with one attached hydrogen (secondary N) is 1. The molecule has 7 nitrogen and oxygen atoms in total. The van der Waals surface area contributed by atoms with Crippen LogP contribution in [0.25, 0.3) is 5.78 Å². The van der Waals surface area contributed by atoms with Crippen LogP contribution in [0.5, 0.6) is 5.75 Å². The number of methoxy groups -OCH3 is 1. The van der Waals surface area contributed by atoms with Gasteiger partial charge in [0.05, 0.1) is 24.9 Å². The van der Waals surface area contributed by atoms with Crippen LogP contribution in [-0.4, -0.2) is 33.3 Å². The molecule has 1 aliphatic heterocycles. The molecule has 0 radical (unpaired) electrons. The summed E-state index contributed by atoms with van der Waals surface area (Å²) in [5, 5.41) is 7.60. The number of aromatic nitrogens is 4. The number of hydrogen-bond acceptors (Lipinski definition) is 6. The van der Waals surface area contributed by atoms with Crippen LogP contribution in [0.4, 0.5) is 10.2 Å². The Kier molecular flexibility index (Phi) is 3.73. The summed E-state index contributed by atoms with van der Waals surface area (Å²) in [5.74, 6) is 1.62. The molecular formula is C16H16FN5O2. The highest BCUT2D eigenvalue weighted by molar-refractivity contribution is 5.49. The normalized spacial score (nSPS) is 16.7. The summed E-state index contributed by atoms with van der Waals surface area (Å²) in [6.07, 6.45) is 2.16. The molecule has 24 heavy (non-hydrogen) atoms. The number of fused-ring (bicyclic) bond motifs is 2. The molecule has 1 atom stereocenters. The molecule has 0 saturated carbocycles. The van der Waals surface area contributed by atoms with Crippen molar-refractivity contribution in [1.82, 2.24) is 19.6 Å². The van der Waals surface area contributed by atoms with Crippen LogP contribution < -0.4 is 10.1 Å². The molecule has 2 aromatic heterocycles. The lowest BCUT2D eigenvalue weighted by Crippen LogP contribution is -2.22. The molecule has 1 N–H and O–H groups in total. The van der Waals surface area contributed by atoms with Gasteiger partial charge in [-0.3, -0.25) is 0 Å². The molecule has 4 rings (SSSR count). The van der Waals surface area contributed by atoms with Crippen molar-refractivity contribution in [1.29, 1.82) is 0 Å². The maximum Gasteiger partial charge on any atom is 0.254 e. The minimum atomic E-state index is -0.285. The van der Waals surface area contributed by atoms with Crippen molar-refractivity contribution in [3.8, 4) is 5.75 Å². The number of hydrogen-bond donors (Lipinski definition) is 1. The molecule has 0 saturated heterocycles. The zero-order valence-electron chi connectivity index (χ0n) is 13.1. The third kappa shape index (κ3) is 2.65. The minimum Gasteiger partial charge on any atom is -0.493 e. The smallest absolute Gasteiger partial charge is 0.254 e. The van der Waals surface area contributed by atoms with Crippen LogP contribution in [0.1, 0.15) is 23.7 Å². The van der Waals surface area contributed by atoms with Crippen LogP contribution in [-0.2, 0) is 11.3 Å². The fourth-order valence-electron chi connectivity index (χ4n) is 2.88. The second-order valence-electron chi connectivity index (χ2n) is 5.55. The largest absolute Gasteiger partial charge is 0.493 e. The van der Waals surface area contributed by atoms with E-state index in [-0.39, 0.29) is 11.9 Å². The summed E-state index contributed by atoms with van der Waals surface area (Å²) in [5.41, 5.74) is 1.53. The van der Waals surface area contributed by atoms with Gasteiger partial charge in [-0.25, -0.2) is 9.37 Å². The fourth-order valence-corrected chi connectivity index (χ4v) is 2.88. The first-order chi connectivity index (χ1) is 11.7. The zero-order chi connectivity index (χ0) is 16.5. The maximum atomic E-state index is 13.6. The van der Waals surface area contributed by atoms with Crippen molar-refractivity contribution >= 4 is 11.6 Å². The quantitative estimate of drug-likeness (QED) is 0.792. The van der Waals surface area contributed by atoms with Crippen LogP contribution in [0.3, 0.4) is 0 Å². The molecule has 0 fully saturated rings. The van der Waals surface area contributed by atoms with E-state index in [9.17, 15) is 4.39 Å². The van der Waals surface area contributed by atoms with Gasteiger partial charge in [-0.05, 0) is 18.2 Å². The molecule has 124 valence electrons. The molecule has 0 amide bonds. The van der Waals surface area contributed by atoms with Gasteiger partial charge in [-0.2, -0.15) is 14.6 Å². The van der Waals surface area contributed by atoms with Crippen LogP contribution in [0.15, 0.2) is 30.6 Å². The number of anilines is 1. The Morgan fingerprint density at radius 1 is 1.42 bits per heavy atom. The van der Waals surface area contributed by atoms with Gasteiger partial charge in [-0.15, -0.1) is 0 Å². The second-order valence-corrected chi connectivity index (χ2v) is 5.55. The highest BCUT2D eigenvalue weighted by Gasteiger charge is 2.23. The van der Waals surface area contributed by atoms with Gasteiger partial charge in [0.25, 0.3) is 5.78 Å². The number of ether oxygens (including phenoxy) is 2. The van der Waals surface area contributed by atoms with E-state index in [1.807, 2.05) is 6.07 Å². The Morgan fingerprint density at radius 3 is 3.21 bits per heavy atom. The highest BCUT2D eigenvalue weighted by atomic mass is 19.1. The van der Waals surface area contributed by atoms with E-state index < -0.39 is 0 Å². The fraction of sp³-hybridized carbons (Fsp3) is 0.312. The van der Waals surface area contributed by atoms with Crippen LogP contribution in [0, 0.1) is 5.82 Å². The lowest BCUT2D eigenvalue weighted by molar-refractivity contribution is 0.181. The molecule has 1 aliphatic rings. The van der Waals surface area contributed by atoms with Gasteiger partial charge in [-0.1, -0.05) is 0 Å². The Bertz CT molecular complexity index is 882. The summed E-state index contributed by atoms with van der Waals surface area (Å²) < 4.78 is 26.0. The van der Waals surface area contributed by atoms with Gasteiger partial charge >= 0.3 is 0 Å². The first-order valence-corrected chi connectivity index (χ1v) is 7.62. The zero-order valence-corrected chi connectivity index (χ0v) is 13.1. The average molecular weight is 329 g/mol. The number of benzene rings is 1. The highest BCUT2D eigenvalue weighted by Crippen LogP contribution is 2.34. The van der Waals surface area contributed by atoms with Gasteiger partial charge in [0.15, 0.2) is 0 Å². The van der Waals surface area contributed by atoms with Crippen molar-refractivity contribution < 1.29 is 13.9 Å². The lowest BCUT2D eigenvalue weighted by atomic mass is 10.0. The molecule has 8 heteroatoms. The van der Waals surface area contributed by atoms with Crippen LogP contribution >= 0.6 is 0 Å². The van der Waals surface area contributed by atoms with Crippen molar-refractivity contribution in [3.63, 3.8) is 0 Å². The van der Waals surface area contributed by atoms with Gasteiger partial charge in [0.2, 0.25) is 0 Å². The Balaban J connectivity index is 1.72. The predicted molar refractivity (Wildman–Crippen MR) is 84.4 cm³/mol. The first kappa shape index (κ1) is 14.8. The third-order valence-electron chi connectivity index (χ3n) is 3.93. The summed E-state index contributed by atoms with van der Waals surface area (Å²) in [6, 6.07) is 6.34. The third-order valence-corrected chi connectivity index (χ3v) is 3.93. The van der Waals surface area contributed by atoms with Crippen molar-refractivity contribution in [2.24, 2.45) is 0 Å². The molecule has 3 aromatic rings. The van der Waals surface area contributed by atoms with Gasteiger partial charge in [0.1, 0.15) is 23.7 Å². The molecular weight excluding hydrogens is 313 g/mol. The molecule has 0 spiro atoms. The van der Waals surface area contributed by atoms with Crippen LogP contribution in [0.2, 0.25) is 0 Å². The molecule has 1 unspecified atom stereocenters. The first-order valence-electron chi connectivity index (χ1n) is 7.62. The predicted octanol–water partition coefficient (Wildman–Crippen LogP) is 2.35. The van der Waals surface area contributed by atoms with E-state index in [0.717, 1.165) is 17.1 Å². The van der Waals surface area contributed by atoms with E-state index in [2.05, 4.69) is 20.4 Å². The summed E-state index contributed by atoms with van der Waals surface area (Å²) >= 11 is 0. The second kappa shape index (κ2) is 6.04. The van der Waals surface area contributed by atoms with Gasteiger partial charge < -0.3 is 14.8 Å². The van der Waals surface area contributed by atoms with E-state index in [0.29, 0.717) is 31.2 Å². The van der Waals surface area contributed by atoms with Crippen molar-refractivity contribution in [3.05, 3.63) is 47.7 Å². The Labute approximate surface area is 137 Å². The summed E-state index contributed by atoms with van der Waals surface area (Å²) in [6.45, 7) is 0.934. The molecule has 1 aromatic carbocycles. The lowest BCUT2D eigenvalue weighted by Gasteiger charge is -2.27. The average Bonchev–Trinajstić information content (AvgIpc) is 3.04. The van der Waals surface area contributed by atoms with E-state index in [4.69, 9.17) is 9.47 Å². The van der Waals surface area contributed by atoms with E-state index in [1.165, 1.54) is 18.5 Å². The monoisotopic (exact) mass is 329 g/mol. The number of nitrogens with zero attached hydrogens (tertiary/aromatic N) is 4. The van der Waals surface area contributed by atoms with Gasteiger partial charge in [0, 0.05) is 25.2 Å². The number of halogens is 1.